The van der Waals surface area contributed by atoms with E-state index in [-0.39, 0.29) is 19.4 Å². The number of rotatable bonds is 10. The maximum Gasteiger partial charge on any atom is 0.344 e. The van der Waals surface area contributed by atoms with Gasteiger partial charge in [-0.15, -0.1) is 6.58 Å². The third-order valence-corrected chi connectivity index (χ3v) is 10.4. The molecule has 1 heterocycles. The Kier molecular flexibility index (Phi) is 9.50. The average Bonchev–Trinajstić information content (AvgIpc) is 3.00. The molecule has 0 spiro atoms. The second kappa shape index (κ2) is 12.3. The fourth-order valence-electron chi connectivity index (χ4n) is 8.20. The second-order valence-electron chi connectivity index (χ2n) is 13.7. The maximum atomic E-state index is 14.0. The van der Waals surface area contributed by atoms with Crippen LogP contribution in [0.5, 0.6) is 17.2 Å². The van der Waals surface area contributed by atoms with E-state index in [2.05, 4.69) is 11.9 Å². The Hall–Kier alpha value is -3.39. The van der Waals surface area contributed by atoms with Gasteiger partial charge in [0.1, 0.15) is 12.1 Å². The molecule has 1 aromatic rings. The van der Waals surface area contributed by atoms with Crippen molar-refractivity contribution in [2.75, 3.05) is 39.8 Å². The molecule has 13 heteroatoms. The quantitative estimate of drug-likeness (QED) is 0.214. The summed E-state index contributed by atoms with van der Waals surface area (Å²) in [5, 5.41) is 38.7. The van der Waals surface area contributed by atoms with E-state index >= 15 is 0 Å². The van der Waals surface area contributed by atoms with E-state index in [9.17, 15) is 29.7 Å². The molecule has 2 saturated carbocycles. The molecule has 46 heavy (non-hydrogen) atoms. The number of ketones is 1. The van der Waals surface area contributed by atoms with Crippen molar-refractivity contribution >= 4 is 23.4 Å². The molecular formula is C33H47NO12. The molecule has 0 bridgehead atoms. The first kappa shape index (κ1) is 35.5. The Morgan fingerprint density at radius 3 is 2.20 bits per heavy atom. The summed E-state index contributed by atoms with van der Waals surface area (Å²) in [5.41, 5.74) is -7.44. The molecule has 0 amide bonds. The van der Waals surface area contributed by atoms with Crippen molar-refractivity contribution in [3.05, 3.63) is 24.8 Å². The molecule has 0 aromatic heterocycles. The van der Waals surface area contributed by atoms with Crippen molar-refractivity contribution < 1.29 is 58.1 Å². The lowest BCUT2D eigenvalue weighted by Crippen LogP contribution is -2.86. The van der Waals surface area contributed by atoms with Crippen LogP contribution in [-0.4, -0.2) is 103 Å². The molecule has 2 aliphatic carbocycles. The van der Waals surface area contributed by atoms with Gasteiger partial charge in [-0.05, 0) is 32.1 Å². The summed E-state index contributed by atoms with van der Waals surface area (Å²) in [4.78, 5) is 39.8. The molecule has 4 rings (SSSR count). The van der Waals surface area contributed by atoms with Gasteiger partial charge in [-0.25, -0.2) is 4.79 Å². The Morgan fingerprint density at radius 1 is 1.04 bits per heavy atom. The summed E-state index contributed by atoms with van der Waals surface area (Å²) in [5.74, 6) is -2.24. The predicted molar refractivity (Wildman–Crippen MR) is 165 cm³/mol. The number of Topliss-reactive ketones (excluding diaryl/α,β-unsaturated/α-hetero) is 1. The van der Waals surface area contributed by atoms with E-state index in [0.29, 0.717) is 29.4 Å². The fourth-order valence-corrected chi connectivity index (χ4v) is 8.20. The number of esters is 2. The average molecular weight is 650 g/mol. The normalized spacial score (nSPS) is 36.4. The zero-order valence-corrected chi connectivity index (χ0v) is 27.8. The minimum atomic E-state index is -2.37. The van der Waals surface area contributed by atoms with E-state index in [1.807, 2.05) is 13.8 Å². The molecule has 13 nitrogen and oxygen atoms in total. The zero-order valence-electron chi connectivity index (χ0n) is 27.8. The van der Waals surface area contributed by atoms with Crippen LogP contribution in [0.1, 0.15) is 53.9 Å². The van der Waals surface area contributed by atoms with Crippen LogP contribution in [-0.2, 0) is 28.6 Å². The predicted octanol–water partition coefficient (Wildman–Crippen LogP) is 2.18. The first-order chi connectivity index (χ1) is 21.4. The van der Waals surface area contributed by atoms with Crippen molar-refractivity contribution in [2.24, 2.45) is 16.7 Å². The van der Waals surface area contributed by atoms with Crippen molar-refractivity contribution in [2.45, 2.75) is 89.0 Å². The number of carbonyl (C=O) groups excluding carboxylic acids is 3. The van der Waals surface area contributed by atoms with Crippen LogP contribution in [0, 0.1) is 16.7 Å². The largest absolute Gasteiger partial charge is 0.493 e. The number of hydrogen-bond donors (Lipinski definition) is 4. The number of nitrogens with one attached hydrogen (secondary N) is 1. The van der Waals surface area contributed by atoms with Gasteiger partial charge in [-0.3, -0.25) is 9.59 Å². The Bertz CT molecular complexity index is 1360. The minimum absolute atomic E-state index is 0.245. The van der Waals surface area contributed by atoms with E-state index in [4.69, 9.17) is 28.4 Å². The number of methoxy groups -OCH3 is 3. The molecule has 1 aromatic carbocycles. The molecule has 0 unspecified atom stereocenters. The molecule has 1 aliphatic heterocycles. The molecule has 256 valence electrons. The van der Waals surface area contributed by atoms with Crippen LogP contribution >= 0.6 is 0 Å². The van der Waals surface area contributed by atoms with Crippen LogP contribution < -0.4 is 19.5 Å². The van der Waals surface area contributed by atoms with E-state index in [0.717, 1.165) is 0 Å². The highest BCUT2D eigenvalue weighted by Crippen LogP contribution is 2.67. The van der Waals surface area contributed by atoms with Gasteiger partial charge in [0.05, 0.1) is 39.1 Å². The van der Waals surface area contributed by atoms with E-state index in [1.54, 1.807) is 26.0 Å². The standard InChI is InChI=1S/C33H47NO12/c1-10-30(4)15-22(36)33(40)31(5)21(35)11-12-29(2,3)27(31)25(39)28(32(33,6)46-30)45-24(38)17-44-23(37)16-34-18-13-19(41-7)26(43-9)20(14-18)42-8/h10,13-14,21,25,27-28,34-35,39-40H,1,11-12,15-17H2,2-9H3/t21-,25-,27-,28-,30-,31-,32+,33-/m0/s1. The van der Waals surface area contributed by atoms with Gasteiger partial charge in [0, 0.05) is 35.6 Å². The van der Waals surface area contributed by atoms with Gasteiger partial charge in [0.2, 0.25) is 5.75 Å². The summed E-state index contributed by atoms with van der Waals surface area (Å²) in [6, 6.07) is 3.18. The third-order valence-electron chi connectivity index (χ3n) is 10.4. The van der Waals surface area contributed by atoms with Gasteiger partial charge in [0.15, 0.2) is 35.6 Å². The van der Waals surface area contributed by atoms with E-state index < -0.39 is 76.2 Å². The topological polar surface area (TPSA) is 179 Å². The Balaban J connectivity index is 1.56. The highest BCUT2D eigenvalue weighted by atomic mass is 16.6. The van der Waals surface area contributed by atoms with Crippen LogP contribution in [0.3, 0.4) is 0 Å². The number of hydrogen-bond acceptors (Lipinski definition) is 13. The van der Waals surface area contributed by atoms with Gasteiger partial charge in [-0.2, -0.15) is 0 Å². The maximum absolute atomic E-state index is 14.0. The Morgan fingerprint density at radius 2 is 1.65 bits per heavy atom. The highest BCUT2D eigenvalue weighted by Gasteiger charge is 2.81. The number of benzene rings is 1. The third kappa shape index (κ3) is 5.40. The van der Waals surface area contributed by atoms with Gasteiger partial charge >= 0.3 is 11.9 Å². The number of aliphatic hydroxyl groups is 3. The number of anilines is 1. The molecule has 1 saturated heterocycles. The van der Waals surface area contributed by atoms with Gasteiger partial charge in [-0.1, -0.05) is 26.8 Å². The fraction of sp³-hybridized carbons (Fsp3) is 0.667. The summed E-state index contributed by atoms with van der Waals surface area (Å²) in [6.07, 6.45) is -2.28. The number of aliphatic hydroxyl groups excluding tert-OH is 2. The van der Waals surface area contributed by atoms with Crippen molar-refractivity contribution in [1.82, 2.24) is 0 Å². The summed E-state index contributed by atoms with van der Waals surface area (Å²) in [7, 11) is 4.37. The van der Waals surface area contributed by atoms with Crippen LogP contribution in [0.25, 0.3) is 0 Å². The number of fused-ring (bicyclic) bond motifs is 3. The first-order valence-corrected chi connectivity index (χ1v) is 15.2. The van der Waals surface area contributed by atoms with Crippen molar-refractivity contribution in [3.8, 4) is 17.2 Å². The molecule has 0 radical (unpaired) electrons. The Labute approximate surface area is 269 Å². The molecule has 8 atom stereocenters. The lowest BCUT2D eigenvalue weighted by Gasteiger charge is -2.71. The smallest absolute Gasteiger partial charge is 0.344 e. The number of ether oxygens (including phenoxy) is 6. The van der Waals surface area contributed by atoms with Crippen LogP contribution in [0.4, 0.5) is 5.69 Å². The molecule has 3 aliphatic rings. The van der Waals surface area contributed by atoms with Crippen LogP contribution in [0.2, 0.25) is 0 Å². The second-order valence-corrected chi connectivity index (χ2v) is 13.7. The number of carbonyl (C=O) groups is 3. The van der Waals surface area contributed by atoms with E-state index in [1.165, 1.54) is 34.3 Å². The van der Waals surface area contributed by atoms with Gasteiger partial charge in [0.25, 0.3) is 0 Å². The monoisotopic (exact) mass is 649 g/mol. The molecular weight excluding hydrogens is 602 g/mol. The van der Waals surface area contributed by atoms with Gasteiger partial charge < -0.3 is 49.1 Å². The lowest BCUT2D eigenvalue weighted by atomic mass is 9.40. The van der Waals surface area contributed by atoms with Crippen molar-refractivity contribution in [3.63, 3.8) is 0 Å². The van der Waals surface area contributed by atoms with Crippen LogP contribution in [0.15, 0.2) is 24.8 Å². The first-order valence-electron chi connectivity index (χ1n) is 15.2. The molecule has 3 fully saturated rings. The minimum Gasteiger partial charge on any atom is -0.493 e. The summed E-state index contributed by atoms with van der Waals surface area (Å²) in [6.45, 7) is 11.0. The zero-order chi connectivity index (χ0) is 34.5. The summed E-state index contributed by atoms with van der Waals surface area (Å²) >= 11 is 0. The highest BCUT2D eigenvalue weighted by molar-refractivity contribution is 5.92. The lowest BCUT2D eigenvalue weighted by molar-refractivity contribution is -0.370. The SMILES string of the molecule is C=C[C@@]1(C)CC(=O)[C@]2(O)[C@@]3(C)[C@@H](O)CCC(C)(C)[C@@H]3[C@H](O)[C@H](OC(=O)COC(=O)CNc3cc(OC)c(OC)c(OC)c3)[C@@]2(C)O1. The summed E-state index contributed by atoms with van der Waals surface area (Å²) < 4.78 is 33.2. The van der Waals surface area contributed by atoms with Crippen molar-refractivity contribution in [1.29, 1.82) is 0 Å². The molecule has 4 N–H and O–H groups in total.